The topological polar surface area (TPSA) is 81.9 Å². The van der Waals surface area contributed by atoms with E-state index in [4.69, 9.17) is 15.2 Å². The number of rotatable bonds is 6. The normalized spacial score (nSPS) is 11.8. The van der Waals surface area contributed by atoms with Crippen molar-refractivity contribution in [3.05, 3.63) is 18.2 Å². The van der Waals surface area contributed by atoms with E-state index in [1.54, 1.807) is 19.2 Å². The molecule has 1 aromatic carbocycles. The van der Waals surface area contributed by atoms with E-state index in [0.29, 0.717) is 19.0 Å². The lowest BCUT2D eigenvalue weighted by atomic mass is 10.3. The number of para-hydroxylation sites is 1. The number of nitrogen functional groups attached to an aromatic ring is 1. The SMILES string of the molecule is COCCOc1cccc(S(=O)(=O)N(C)C)c1N. The Labute approximate surface area is 107 Å². The third-order valence-corrected chi connectivity index (χ3v) is 4.20. The average Bonchev–Trinajstić information content (AvgIpc) is 2.31. The largest absolute Gasteiger partial charge is 0.489 e. The van der Waals surface area contributed by atoms with Crippen LogP contribution in [0.4, 0.5) is 5.69 Å². The molecule has 7 heteroatoms. The predicted molar refractivity (Wildman–Crippen MR) is 69.1 cm³/mol. The smallest absolute Gasteiger partial charge is 0.244 e. The van der Waals surface area contributed by atoms with Crippen molar-refractivity contribution in [2.24, 2.45) is 0 Å². The van der Waals surface area contributed by atoms with Gasteiger partial charge in [0, 0.05) is 21.2 Å². The van der Waals surface area contributed by atoms with Crippen LogP contribution < -0.4 is 10.5 Å². The number of nitrogens with two attached hydrogens (primary N) is 1. The third-order valence-electron chi connectivity index (χ3n) is 2.33. The van der Waals surface area contributed by atoms with Crippen LogP contribution in [-0.4, -0.2) is 47.1 Å². The fourth-order valence-electron chi connectivity index (χ4n) is 1.31. The Kier molecular flexibility index (Phi) is 4.94. The first-order valence-electron chi connectivity index (χ1n) is 5.34. The van der Waals surface area contributed by atoms with Crippen LogP contribution in [0.2, 0.25) is 0 Å². The second-order valence-electron chi connectivity index (χ2n) is 3.80. The molecule has 102 valence electrons. The van der Waals surface area contributed by atoms with Gasteiger partial charge in [-0.1, -0.05) is 6.07 Å². The number of sulfonamides is 1. The lowest BCUT2D eigenvalue weighted by Crippen LogP contribution is -2.23. The lowest BCUT2D eigenvalue weighted by Gasteiger charge is -2.15. The molecule has 0 amide bonds. The van der Waals surface area contributed by atoms with Gasteiger partial charge in [-0.3, -0.25) is 0 Å². The summed E-state index contributed by atoms with van der Waals surface area (Å²) in [5.74, 6) is 0.343. The molecule has 6 nitrogen and oxygen atoms in total. The Balaban J connectivity index is 3.06. The Morgan fingerprint density at radius 2 is 1.94 bits per heavy atom. The molecule has 0 bridgehead atoms. The minimum absolute atomic E-state index is 0.0439. The van der Waals surface area contributed by atoms with E-state index in [1.165, 1.54) is 20.2 Å². The van der Waals surface area contributed by atoms with Crippen LogP contribution in [0.3, 0.4) is 0 Å². The lowest BCUT2D eigenvalue weighted by molar-refractivity contribution is 0.146. The number of ether oxygens (including phenoxy) is 2. The highest BCUT2D eigenvalue weighted by molar-refractivity contribution is 7.89. The Morgan fingerprint density at radius 1 is 1.28 bits per heavy atom. The minimum Gasteiger partial charge on any atom is -0.489 e. The van der Waals surface area contributed by atoms with Gasteiger partial charge in [-0.25, -0.2) is 12.7 Å². The molecule has 2 N–H and O–H groups in total. The third kappa shape index (κ3) is 3.12. The van der Waals surface area contributed by atoms with Gasteiger partial charge in [0.15, 0.2) is 0 Å². The number of benzene rings is 1. The summed E-state index contributed by atoms with van der Waals surface area (Å²) >= 11 is 0. The quantitative estimate of drug-likeness (QED) is 0.605. The number of anilines is 1. The summed E-state index contributed by atoms with van der Waals surface area (Å²) in [5.41, 5.74) is 5.93. The van der Waals surface area contributed by atoms with Gasteiger partial charge in [0.25, 0.3) is 0 Å². The van der Waals surface area contributed by atoms with Crippen molar-refractivity contribution in [3.63, 3.8) is 0 Å². The summed E-state index contributed by atoms with van der Waals surface area (Å²) < 4.78 is 35.3. The van der Waals surface area contributed by atoms with Crippen molar-refractivity contribution in [1.29, 1.82) is 0 Å². The Morgan fingerprint density at radius 3 is 2.50 bits per heavy atom. The van der Waals surface area contributed by atoms with Gasteiger partial charge in [0.2, 0.25) is 10.0 Å². The molecule has 0 unspecified atom stereocenters. The molecule has 0 saturated heterocycles. The van der Waals surface area contributed by atoms with Gasteiger partial charge in [0.05, 0.1) is 12.3 Å². The molecule has 0 aromatic heterocycles. The van der Waals surface area contributed by atoms with E-state index in [0.717, 1.165) is 4.31 Å². The van der Waals surface area contributed by atoms with Crippen molar-refractivity contribution in [1.82, 2.24) is 4.31 Å². The molecule has 0 aliphatic rings. The first-order chi connectivity index (χ1) is 8.41. The van der Waals surface area contributed by atoms with E-state index in [2.05, 4.69) is 0 Å². The van der Waals surface area contributed by atoms with E-state index in [9.17, 15) is 8.42 Å². The fraction of sp³-hybridized carbons (Fsp3) is 0.455. The first kappa shape index (κ1) is 14.7. The van der Waals surface area contributed by atoms with Crippen LogP contribution in [-0.2, 0) is 14.8 Å². The molecule has 0 radical (unpaired) electrons. The molecular weight excluding hydrogens is 256 g/mol. The maximum atomic E-state index is 12.0. The molecule has 0 atom stereocenters. The molecule has 0 aliphatic heterocycles. The van der Waals surface area contributed by atoms with Crippen molar-refractivity contribution < 1.29 is 17.9 Å². The van der Waals surface area contributed by atoms with Crippen molar-refractivity contribution in [3.8, 4) is 5.75 Å². The highest BCUT2D eigenvalue weighted by Gasteiger charge is 2.22. The first-order valence-corrected chi connectivity index (χ1v) is 6.78. The van der Waals surface area contributed by atoms with Crippen molar-refractivity contribution in [2.45, 2.75) is 4.90 Å². The predicted octanol–water partition coefficient (Wildman–Crippen LogP) is 0.544. The monoisotopic (exact) mass is 274 g/mol. The minimum atomic E-state index is -3.56. The molecule has 18 heavy (non-hydrogen) atoms. The van der Waals surface area contributed by atoms with E-state index in [-0.39, 0.29) is 10.6 Å². The van der Waals surface area contributed by atoms with Crippen LogP contribution in [0.15, 0.2) is 23.1 Å². The summed E-state index contributed by atoms with van der Waals surface area (Å²) in [6, 6.07) is 4.67. The zero-order valence-electron chi connectivity index (χ0n) is 10.7. The summed E-state index contributed by atoms with van der Waals surface area (Å²) in [5, 5.41) is 0. The van der Waals surface area contributed by atoms with Crippen LogP contribution in [0.25, 0.3) is 0 Å². The maximum Gasteiger partial charge on any atom is 0.244 e. The highest BCUT2D eigenvalue weighted by Crippen LogP contribution is 2.29. The molecule has 0 saturated carbocycles. The Bertz CT molecular complexity index is 500. The van der Waals surface area contributed by atoms with E-state index < -0.39 is 10.0 Å². The molecule has 1 rings (SSSR count). The summed E-state index contributed by atoms with van der Waals surface area (Å²) in [6.45, 7) is 0.719. The molecular formula is C11H18N2O4S. The molecule has 1 aromatic rings. The Hall–Kier alpha value is -1.31. The van der Waals surface area contributed by atoms with Crippen molar-refractivity contribution >= 4 is 15.7 Å². The molecule has 0 heterocycles. The van der Waals surface area contributed by atoms with E-state index >= 15 is 0 Å². The second-order valence-corrected chi connectivity index (χ2v) is 5.92. The van der Waals surface area contributed by atoms with Crippen LogP contribution >= 0.6 is 0 Å². The summed E-state index contributed by atoms with van der Waals surface area (Å²) in [6.07, 6.45) is 0. The molecule has 0 spiro atoms. The van der Waals surface area contributed by atoms with Crippen molar-refractivity contribution in [2.75, 3.05) is 40.2 Å². The zero-order valence-corrected chi connectivity index (χ0v) is 11.5. The number of methoxy groups -OCH3 is 1. The number of nitrogens with zero attached hydrogens (tertiary/aromatic N) is 1. The zero-order chi connectivity index (χ0) is 13.8. The van der Waals surface area contributed by atoms with E-state index in [1.807, 2.05) is 0 Å². The fourth-order valence-corrected chi connectivity index (χ4v) is 2.33. The number of hydrogen-bond acceptors (Lipinski definition) is 5. The van der Waals surface area contributed by atoms with Gasteiger partial charge in [-0.15, -0.1) is 0 Å². The number of hydrogen-bond donors (Lipinski definition) is 1. The standard InChI is InChI=1S/C11H18N2O4S/c1-13(2)18(14,15)10-6-4-5-9(11(10)12)17-8-7-16-3/h4-6H,7-8,12H2,1-3H3. The summed E-state index contributed by atoms with van der Waals surface area (Å²) in [7, 11) is 0.895. The van der Waals surface area contributed by atoms with Crippen LogP contribution in [0, 0.1) is 0 Å². The molecule has 0 aliphatic carbocycles. The van der Waals surface area contributed by atoms with Gasteiger partial charge < -0.3 is 15.2 Å². The van der Waals surface area contributed by atoms with Gasteiger partial charge in [0.1, 0.15) is 17.3 Å². The van der Waals surface area contributed by atoms with Gasteiger partial charge >= 0.3 is 0 Å². The summed E-state index contributed by atoms with van der Waals surface area (Å²) in [4.78, 5) is 0.0439. The van der Waals surface area contributed by atoms with Crippen LogP contribution in [0.1, 0.15) is 0 Å². The average molecular weight is 274 g/mol. The van der Waals surface area contributed by atoms with Gasteiger partial charge in [-0.05, 0) is 12.1 Å². The highest BCUT2D eigenvalue weighted by atomic mass is 32.2. The second kappa shape index (κ2) is 6.03. The maximum absolute atomic E-state index is 12.0. The van der Waals surface area contributed by atoms with Crippen LogP contribution in [0.5, 0.6) is 5.75 Å². The molecule has 0 fully saturated rings. The van der Waals surface area contributed by atoms with Gasteiger partial charge in [-0.2, -0.15) is 0 Å².